The van der Waals surface area contributed by atoms with E-state index < -0.39 is 12.2 Å². The van der Waals surface area contributed by atoms with Crippen molar-refractivity contribution in [3.63, 3.8) is 0 Å². The minimum Gasteiger partial charge on any atom is -0.390 e. The Morgan fingerprint density at radius 2 is 1.81 bits per heavy atom. The zero-order valence-corrected chi connectivity index (χ0v) is 10.1. The first-order valence-electron chi connectivity index (χ1n) is 5.71. The smallest absolute Gasteiger partial charge is 0.0832 e. The number of aliphatic hydroxyl groups is 2. The fourth-order valence-corrected chi connectivity index (χ4v) is 2.68. The average molecular weight is 241 g/mol. The summed E-state index contributed by atoms with van der Waals surface area (Å²) in [6.45, 7) is 2.09. The number of hydrogen-bond donors (Lipinski definition) is 2. The van der Waals surface area contributed by atoms with Crippen molar-refractivity contribution in [2.75, 3.05) is 0 Å². The quantitative estimate of drug-likeness (QED) is 0.834. The molecule has 3 heteroatoms. The maximum atomic E-state index is 9.87. The zero-order chi connectivity index (χ0) is 11.7. The van der Waals surface area contributed by atoms with E-state index in [-0.39, 0.29) is 11.8 Å². The highest BCUT2D eigenvalue weighted by molar-refractivity contribution is 6.30. The Hall–Kier alpha value is -0.570. The lowest BCUT2D eigenvalue weighted by molar-refractivity contribution is 0.0156. The van der Waals surface area contributed by atoms with Gasteiger partial charge in [0, 0.05) is 5.02 Å². The van der Waals surface area contributed by atoms with E-state index in [4.69, 9.17) is 11.6 Å². The molecule has 2 nitrogen and oxygen atoms in total. The van der Waals surface area contributed by atoms with Crippen molar-refractivity contribution in [3.05, 3.63) is 34.9 Å². The molecular weight excluding hydrogens is 224 g/mol. The maximum Gasteiger partial charge on any atom is 0.0832 e. The summed E-state index contributed by atoms with van der Waals surface area (Å²) in [5.74, 6) is 0.403. The molecular formula is C13H17ClO2. The van der Waals surface area contributed by atoms with Gasteiger partial charge in [-0.15, -0.1) is 0 Å². The fraction of sp³-hybridized carbons (Fsp3) is 0.538. The molecule has 2 rings (SSSR count). The molecule has 0 heterocycles. The van der Waals surface area contributed by atoms with Gasteiger partial charge in [-0.05, 0) is 42.4 Å². The monoisotopic (exact) mass is 240 g/mol. The molecule has 0 radical (unpaired) electrons. The molecule has 1 aliphatic carbocycles. The number of rotatable bonds is 2. The summed E-state index contributed by atoms with van der Waals surface area (Å²) < 4.78 is 0. The summed E-state index contributed by atoms with van der Waals surface area (Å²) in [6, 6.07) is 7.71. The molecule has 0 saturated heterocycles. The second kappa shape index (κ2) is 4.74. The molecule has 1 fully saturated rings. The Morgan fingerprint density at radius 1 is 1.19 bits per heavy atom. The predicted molar refractivity (Wildman–Crippen MR) is 64.6 cm³/mol. The molecule has 4 unspecified atom stereocenters. The lowest BCUT2D eigenvalue weighted by atomic mass is 9.85. The van der Waals surface area contributed by atoms with E-state index in [0.717, 1.165) is 11.4 Å². The maximum absolute atomic E-state index is 9.87. The number of hydrogen-bond acceptors (Lipinski definition) is 2. The van der Waals surface area contributed by atoms with Crippen molar-refractivity contribution in [1.82, 2.24) is 0 Å². The van der Waals surface area contributed by atoms with Crippen LogP contribution < -0.4 is 0 Å². The first-order valence-corrected chi connectivity index (χ1v) is 6.09. The highest BCUT2D eigenvalue weighted by atomic mass is 35.5. The number of halogens is 1. The zero-order valence-electron chi connectivity index (χ0n) is 9.31. The first-order chi connectivity index (χ1) is 7.59. The Bertz CT molecular complexity index is 349. The highest BCUT2D eigenvalue weighted by Gasteiger charge is 2.36. The summed E-state index contributed by atoms with van der Waals surface area (Å²) in [6.07, 6.45) is 0.432. The van der Waals surface area contributed by atoms with Gasteiger partial charge in [0.15, 0.2) is 0 Å². The Labute approximate surface area is 101 Å². The average Bonchev–Trinajstić information content (AvgIpc) is 2.60. The summed E-state index contributed by atoms with van der Waals surface area (Å²) >= 11 is 5.84. The van der Waals surface area contributed by atoms with Gasteiger partial charge in [0.2, 0.25) is 0 Å². The van der Waals surface area contributed by atoms with Crippen molar-refractivity contribution in [1.29, 1.82) is 0 Å². The van der Waals surface area contributed by atoms with E-state index in [2.05, 4.69) is 6.92 Å². The minimum atomic E-state index is -0.592. The molecule has 0 aliphatic heterocycles. The van der Waals surface area contributed by atoms with Crippen LogP contribution in [-0.2, 0) is 0 Å². The third-order valence-electron chi connectivity index (χ3n) is 3.67. The van der Waals surface area contributed by atoms with Gasteiger partial charge in [0.25, 0.3) is 0 Å². The molecule has 4 atom stereocenters. The van der Waals surface area contributed by atoms with Crippen LogP contribution in [0.3, 0.4) is 0 Å². The molecule has 1 aromatic rings. The summed E-state index contributed by atoms with van der Waals surface area (Å²) in [5.41, 5.74) is 1.17. The van der Waals surface area contributed by atoms with Crippen LogP contribution in [-0.4, -0.2) is 22.4 Å². The molecule has 0 amide bonds. The predicted octanol–water partition coefficient (Wildman–Crippen LogP) is 2.58. The lowest BCUT2D eigenvalue weighted by Crippen LogP contribution is -2.27. The van der Waals surface area contributed by atoms with E-state index in [1.54, 1.807) is 0 Å². The van der Waals surface area contributed by atoms with Crippen LogP contribution >= 0.6 is 11.6 Å². The molecule has 0 aromatic heterocycles. The molecule has 0 spiro atoms. The SMILES string of the molecule is CC(c1ccc(Cl)cc1)C1CCC(O)C1O. The van der Waals surface area contributed by atoms with E-state index in [9.17, 15) is 10.2 Å². The first kappa shape index (κ1) is 11.9. The summed E-state index contributed by atoms with van der Waals surface area (Å²) in [5, 5.41) is 20.1. The van der Waals surface area contributed by atoms with Gasteiger partial charge in [-0.2, -0.15) is 0 Å². The normalized spacial score (nSPS) is 31.6. The van der Waals surface area contributed by atoms with Gasteiger partial charge in [-0.25, -0.2) is 0 Å². The van der Waals surface area contributed by atoms with Crippen LogP contribution in [0.1, 0.15) is 31.2 Å². The lowest BCUT2D eigenvalue weighted by Gasteiger charge is -2.23. The summed E-state index contributed by atoms with van der Waals surface area (Å²) in [4.78, 5) is 0. The van der Waals surface area contributed by atoms with Crippen molar-refractivity contribution in [3.8, 4) is 0 Å². The number of benzene rings is 1. The largest absolute Gasteiger partial charge is 0.390 e. The third-order valence-corrected chi connectivity index (χ3v) is 3.92. The molecule has 1 aliphatic rings. The van der Waals surface area contributed by atoms with Crippen molar-refractivity contribution >= 4 is 11.6 Å². The molecule has 0 bridgehead atoms. The van der Waals surface area contributed by atoms with Crippen molar-refractivity contribution in [2.45, 2.75) is 37.9 Å². The molecule has 88 valence electrons. The second-order valence-electron chi connectivity index (χ2n) is 4.64. The molecule has 16 heavy (non-hydrogen) atoms. The standard InChI is InChI=1S/C13H17ClO2/c1-8(9-2-4-10(14)5-3-9)11-6-7-12(15)13(11)16/h2-5,8,11-13,15-16H,6-7H2,1H3. The Balaban J connectivity index is 2.13. The molecule has 1 saturated carbocycles. The third kappa shape index (κ3) is 2.24. The van der Waals surface area contributed by atoms with Crippen LogP contribution in [0.5, 0.6) is 0 Å². The Morgan fingerprint density at radius 3 is 2.31 bits per heavy atom. The fourth-order valence-electron chi connectivity index (χ4n) is 2.55. The van der Waals surface area contributed by atoms with Crippen LogP contribution in [0, 0.1) is 5.92 Å². The van der Waals surface area contributed by atoms with Gasteiger partial charge in [-0.3, -0.25) is 0 Å². The molecule has 2 N–H and O–H groups in total. The van der Waals surface area contributed by atoms with Crippen LogP contribution in [0.15, 0.2) is 24.3 Å². The van der Waals surface area contributed by atoms with Crippen LogP contribution in [0.25, 0.3) is 0 Å². The van der Waals surface area contributed by atoms with Gasteiger partial charge in [-0.1, -0.05) is 30.7 Å². The van der Waals surface area contributed by atoms with Crippen LogP contribution in [0.4, 0.5) is 0 Å². The van der Waals surface area contributed by atoms with Gasteiger partial charge < -0.3 is 10.2 Å². The van der Waals surface area contributed by atoms with Gasteiger partial charge >= 0.3 is 0 Å². The molecule has 1 aromatic carbocycles. The van der Waals surface area contributed by atoms with E-state index in [1.165, 1.54) is 5.56 Å². The van der Waals surface area contributed by atoms with E-state index in [1.807, 2.05) is 24.3 Å². The van der Waals surface area contributed by atoms with Crippen molar-refractivity contribution in [2.24, 2.45) is 5.92 Å². The van der Waals surface area contributed by atoms with Gasteiger partial charge in [0.05, 0.1) is 12.2 Å². The number of aliphatic hydroxyl groups excluding tert-OH is 2. The van der Waals surface area contributed by atoms with E-state index in [0.29, 0.717) is 6.42 Å². The second-order valence-corrected chi connectivity index (χ2v) is 5.08. The van der Waals surface area contributed by atoms with Crippen LogP contribution in [0.2, 0.25) is 5.02 Å². The minimum absolute atomic E-state index is 0.149. The summed E-state index contributed by atoms with van der Waals surface area (Å²) in [7, 11) is 0. The highest BCUT2D eigenvalue weighted by Crippen LogP contribution is 2.37. The topological polar surface area (TPSA) is 40.5 Å². The Kier molecular flexibility index (Phi) is 3.53. The van der Waals surface area contributed by atoms with E-state index >= 15 is 0 Å². The van der Waals surface area contributed by atoms with Crippen molar-refractivity contribution < 1.29 is 10.2 Å². The van der Waals surface area contributed by atoms with Gasteiger partial charge in [0.1, 0.15) is 0 Å².